The molecule has 9 nitrogen and oxygen atoms in total. The van der Waals surface area contributed by atoms with E-state index in [0.29, 0.717) is 0 Å². The van der Waals surface area contributed by atoms with Crippen LogP contribution in [0.4, 0.5) is 37.7 Å². The summed E-state index contributed by atoms with van der Waals surface area (Å²) in [6, 6.07) is 8.21. The number of aromatic hydroxyl groups is 1. The molecule has 18 heteroatoms. The highest BCUT2D eigenvalue weighted by Gasteiger charge is 2.77. The predicted octanol–water partition coefficient (Wildman–Crippen LogP) is 3.67. The molecule has 0 bridgehead atoms. The van der Waals surface area contributed by atoms with Crippen LogP contribution in [0.2, 0.25) is 0 Å². The summed E-state index contributed by atoms with van der Waals surface area (Å²) in [7, 11) is -1.96. The first kappa shape index (κ1) is 34.1. The van der Waals surface area contributed by atoms with Crippen LogP contribution in [0.25, 0.3) is 0 Å². The lowest BCUT2D eigenvalue weighted by atomic mass is 9.56. The number of benzene rings is 3. The van der Waals surface area contributed by atoms with E-state index in [4.69, 9.17) is 23.2 Å². The number of alkyl halides is 2. The minimum atomic E-state index is -2.94. The van der Waals surface area contributed by atoms with E-state index < -0.39 is 122 Å². The van der Waals surface area contributed by atoms with Gasteiger partial charge >= 0.3 is 7.12 Å². The lowest BCUT2D eigenvalue weighted by Gasteiger charge is -2.50. The van der Waals surface area contributed by atoms with E-state index in [1.807, 2.05) is 0 Å². The monoisotopic (exact) mass is 738 g/mol. The maximum absolute atomic E-state index is 15.1. The van der Waals surface area contributed by atoms with Crippen molar-refractivity contribution in [3.63, 3.8) is 0 Å². The van der Waals surface area contributed by atoms with Crippen LogP contribution in [0.1, 0.15) is 24.3 Å². The van der Waals surface area contributed by atoms with E-state index in [-0.39, 0.29) is 28.0 Å². The molecule has 7 rings (SSSR count). The van der Waals surface area contributed by atoms with Crippen molar-refractivity contribution in [3.8, 4) is 5.75 Å². The molecule has 1 saturated carbocycles. The SMILES string of the molecule is O=C1C2CC=C3C(CC4(Cl)C(=O)N(c5c(F)c(F)c(F)c(F)c5F)C(=O)C4(Cl)C3c3cccc(F)c3O)C2C(=O)N1c1cccc(B(O)O)c1. The Morgan fingerprint density at radius 1 is 0.780 bits per heavy atom. The molecule has 50 heavy (non-hydrogen) atoms. The number of allylic oxidation sites excluding steroid dienone is 2. The Labute approximate surface area is 287 Å². The predicted molar refractivity (Wildman–Crippen MR) is 163 cm³/mol. The lowest BCUT2D eigenvalue weighted by Crippen LogP contribution is -2.60. The van der Waals surface area contributed by atoms with Gasteiger partial charge in [-0.25, -0.2) is 31.2 Å². The Kier molecular flexibility index (Phi) is 7.72. The molecule has 4 aliphatic rings. The van der Waals surface area contributed by atoms with Gasteiger partial charge in [0.2, 0.25) is 17.6 Å². The summed E-state index contributed by atoms with van der Waals surface area (Å²) >= 11 is 13.9. The van der Waals surface area contributed by atoms with Crippen LogP contribution in [0, 0.1) is 52.7 Å². The fourth-order valence-electron chi connectivity index (χ4n) is 7.76. The van der Waals surface area contributed by atoms with Gasteiger partial charge in [0.05, 0.1) is 17.5 Å². The van der Waals surface area contributed by atoms with Gasteiger partial charge < -0.3 is 15.2 Å². The summed E-state index contributed by atoms with van der Waals surface area (Å²) in [5.41, 5.74) is -2.56. The maximum Gasteiger partial charge on any atom is 0.488 e. The average Bonchev–Trinajstić information content (AvgIpc) is 3.42. The van der Waals surface area contributed by atoms with Crippen LogP contribution in [0.15, 0.2) is 54.1 Å². The highest BCUT2D eigenvalue weighted by molar-refractivity contribution is 6.59. The molecule has 0 radical (unpaired) electrons. The Hall–Kier alpha value is -4.38. The number of halogens is 8. The number of phenols is 1. The normalized spacial score (nSPS) is 28.9. The fourth-order valence-corrected chi connectivity index (χ4v) is 8.68. The van der Waals surface area contributed by atoms with Crippen molar-refractivity contribution in [2.75, 3.05) is 9.80 Å². The molecular formula is C32H19BCl2F6N2O7. The third kappa shape index (κ3) is 4.25. The van der Waals surface area contributed by atoms with E-state index in [2.05, 4.69) is 0 Å². The van der Waals surface area contributed by atoms with Gasteiger partial charge in [0.25, 0.3) is 11.8 Å². The number of hydrogen-bond donors (Lipinski definition) is 3. The third-order valence-electron chi connectivity index (χ3n) is 9.98. The summed E-state index contributed by atoms with van der Waals surface area (Å²) < 4.78 is 87.8. The standard InChI is InChI=1S/C32H19BCl2F6N2O7/c34-31-10-16-13(7-8-14-18(16)28(46)42(27(14)45)12-4-1-3-11(9-12)33(49)50)19(15-5-2-6-17(36)26(15)44)32(31,35)30(48)43(29(31)47)25-23(40)21(38)20(37)22(39)24(25)41/h1-7,9,14,16,18-19,44,49-50H,8,10H2. The van der Waals surface area contributed by atoms with Gasteiger partial charge in [-0.1, -0.05) is 35.9 Å². The molecule has 258 valence electrons. The zero-order valence-electron chi connectivity index (χ0n) is 24.8. The van der Waals surface area contributed by atoms with Crippen LogP contribution in [-0.4, -0.2) is 55.7 Å². The Morgan fingerprint density at radius 3 is 2.04 bits per heavy atom. The van der Waals surface area contributed by atoms with Gasteiger partial charge in [0.1, 0.15) is 5.69 Å². The van der Waals surface area contributed by atoms with Crippen molar-refractivity contribution < 1.29 is 60.7 Å². The van der Waals surface area contributed by atoms with Gasteiger partial charge in [-0.3, -0.25) is 24.1 Å². The van der Waals surface area contributed by atoms with Crippen molar-refractivity contribution in [1.82, 2.24) is 0 Å². The van der Waals surface area contributed by atoms with Gasteiger partial charge in [-0.15, -0.1) is 23.2 Å². The number of fused-ring (bicyclic) bond motifs is 4. The number of hydrogen-bond acceptors (Lipinski definition) is 7. The van der Waals surface area contributed by atoms with Crippen LogP contribution in [0.3, 0.4) is 0 Å². The van der Waals surface area contributed by atoms with Gasteiger partial charge in [0.15, 0.2) is 44.6 Å². The molecule has 2 heterocycles. The molecule has 0 aromatic heterocycles. The highest BCUT2D eigenvalue weighted by Crippen LogP contribution is 2.66. The zero-order valence-corrected chi connectivity index (χ0v) is 26.3. The third-order valence-corrected chi connectivity index (χ3v) is 11.4. The largest absolute Gasteiger partial charge is 0.505 e. The van der Waals surface area contributed by atoms with Crippen molar-refractivity contribution in [1.29, 1.82) is 0 Å². The molecule has 2 saturated heterocycles. The van der Waals surface area contributed by atoms with E-state index in [1.54, 1.807) is 0 Å². The maximum atomic E-state index is 15.1. The summed E-state index contributed by atoms with van der Waals surface area (Å²) in [5.74, 6) is -25.8. The van der Waals surface area contributed by atoms with Crippen molar-refractivity contribution in [2.24, 2.45) is 17.8 Å². The van der Waals surface area contributed by atoms with Crippen LogP contribution >= 0.6 is 23.2 Å². The number of amides is 4. The van der Waals surface area contributed by atoms with Gasteiger partial charge in [-0.2, -0.15) is 0 Å². The number of rotatable bonds is 4. The summed E-state index contributed by atoms with van der Waals surface area (Å²) in [5, 5.41) is 30.2. The molecule has 0 spiro atoms. The topological polar surface area (TPSA) is 135 Å². The number of imide groups is 2. The smallest absolute Gasteiger partial charge is 0.488 e. The summed E-state index contributed by atoms with van der Waals surface area (Å²) in [4.78, 5) is 50.9. The number of anilines is 2. The number of carbonyl (C=O) groups excluding carboxylic acids is 4. The minimum Gasteiger partial charge on any atom is -0.505 e. The number of para-hydroxylation sites is 1. The van der Waals surface area contributed by atoms with E-state index >= 15 is 8.78 Å². The second-order valence-electron chi connectivity index (χ2n) is 12.4. The first-order chi connectivity index (χ1) is 23.5. The summed E-state index contributed by atoms with van der Waals surface area (Å²) in [6.45, 7) is 0. The highest BCUT2D eigenvalue weighted by atomic mass is 35.5. The molecule has 3 aromatic rings. The van der Waals surface area contributed by atoms with Crippen LogP contribution in [0.5, 0.6) is 5.75 Å². The van der Waals surface area contributed by atoms with Gasteiger partial charge in [-0.05, 0) is 42.4 Å². The molecule has 6 unspecified atom stereocenters. The second-order valence-corrected chi connectivity index (χ2v) is 13.6. The zero-order chi connectivity index (χ0) is 36.4. The van der Waals surface area contributed by atoms with Gasteiger partial charge in [0, 0.05) is 11.5 Å². The van der Waals surface area contributed by atoms with E-state index in [9.17, 15) is 51.9 Å². The van der Waals surface area contributed by atoms with Crippen molar-refractivity contribution in [2.45, 2.75) is 28.5 Å². The fraction of sp³-hybridized carbons (Fsp3) is 0.250. The molecule has 2 aliphatic heterocycles. The first-order valence-corrected chi connectivity index (χ1v) is 15.5. The first-order valence-electron chi connectivity index (χ1n) is 14.8. The molecule has 6 atom stereocenters. The number of nitrogens with zero attached hydrogens (tertiary/aromatic N) is 2. The molecule has 3 aromatic carbocycles. The average molecular weight is 739 g/mol. The number of phenolic OH excluding ortho intramolecular Hbond substituents is 1. The van der Waals surface area contributed by atoms with Crippen LogP contribution in [-0.2, 0) is 19.2 Å². The van der Waals surface area contributed by atoms with Crippen LogP contribution < -0.4 is 15.3 Å². The number of carbonyl (C=O) groups is 4. The molecule has 2 aliphatic carbocycles. The molecule has 3 N–H and O–H groups in total. The second kappa shape index (κ2) is 11.3. The lowest BCUT2D eigenvalue weighted by molar-refractivity contribution is -0.125. The van der Waals surface area contributed by atoms with E-state index in [1.165, 1.54) is 30.3 Å². The molecular weight excluding hydrogens is 720 g/mol. The molecule has 4 amide bonds. The Bertz CT molecular complexity index is 2090. The van der Waals surface area contributed by atoms with E-state index in [0.717, 1.165) is 23.1 Å². The Balaban J connectivity index is 1.43. The summed E-state index contributed by atoms with van der Waals surface area (Å²) in [6.07, 6.45) is 0.359. The minimum absolute atomic E-state index is 0.00127. The van der Waals surface area contributed by atoms with Crippen molar-refractivity contribution in [3.05, 3.63) is 94.6 Å². The molecule has 3 fully saturated rings. The van der Waals surface area contributed by atoms with Crippen molar-refractivity contribution >= 4 is 70.8 Å². The Morgan fingerprint density at radius 2 is 1.40 bits per heavy atom. The quantitative estimate of drug-likeness (QED) is 0.0708.